The van der Waals surface area contributed by atoms with E-state index in [4.69, 9.17) is 10.00 Å². The molecule has 33 heavy (non-hydrogen) atoms. The summed E-state index contributed by atoms with van der Waals surface area (Å²) in [6.07, 6.45) is 1.64. The molecule has 1 N–H and O–H groups in total. The van der Waals surface area contributed by atoms with Crippen LogP contribution in [0, 0.1) is 11.3 Å². The van der Waals surface area contributed by atoms with Gasteiger partial charge in [-0.05, 0) is 33.7 Å². The second kappa shape index (κ2) is 10.3. The molecule has 0 radical (unpaired) electrons. The van der Waals surface area contributed by atoms with Crippen molar-refractivity contribution >= 4 is 27.5 Å². The Hall–Kier alpha value is -4.36. The van der Waals surface area contributed by atoms with Gasteiger partial charge in [0, 0.05) is 23.7 Å². The Morgan fingerprint density at radius 3 is 1.82 bits per heavy atom. The Labute approximate surface area is 193 Å². The van der Waals surface area contributed by atoms with Crippen LogP contribution < -0.4 is 0 Å². The van der Waals surface area contributed by atoms with E-state index in [9.17, 15) is 4.79 Å². The number of H-pyrrole nitrogens is 1. The minimum Gasteiger partial charge on any atom is -0.452 e. The van der Waals surface area contributed by atoms with Crippen LogP contribution in [0.15, 0.2) is 103 Å². The molecule has 0 aliphatic heterocycles. The third kappa shape index (κ3) is 4.94. The molecule has 1 heterocycles. The monoisotopic (exact) mass is 432 g/mol. The summed E-state index contributed by atoms with van der Waals surface area (Å²) in [6.45, 7) is 1.82. The highest BCUT2D eigenvalue weighted by Crippen LogP contribution is 2.35. The van der Waals surface area contributed by atoms with Crippen molar-refractivity contribution < 1.29 is 9.53 Å². The number of esters is 1. The molecule has 0 spiro atoms. The van der Waals surface area contributed by atoms with E-state index in [-0.39, 0.29) is 5.97 Å². The SMILES string of the molecule is CCC(=O)OC(c1cccc2ccccc12)c1cccc2ccccc12.N#Cc1ccc[nH]1. The average Bonchev–Trinajstić information content (AvgIpc) is 3.41. The average molecular weight is 433 g/mol. The van der Waals surface area contributed by atoms with Crippen molar-refractivity contribution in [1.82, 2.24) is 4.98 Å². The van der Waals surface area contributed by atoms with Crippen LogP contribution >= 0.6 is 0 Å². The van der Waals surface area contributed by atoms with Gasteiger partial charge in [-0.15, -0.1) is 0 Å². The normalized spacial score (nSPS) is 10.5. The fraction of sp³-hybridized carbons (Fsp3) is 0.103. The highest BCUT2D eigenvalue weighted by molar-refractivity contribution is 5.90. The molecule has 0 aliphatic rings. The van der Waals surface area contributed by atoms with Crippen molar-refractivity contribution in [2.45, 2.75) is 19.4 Å². The lowest BCUT2D eigenvalue weighted by atomic mass is 9.92. The summed E-state index contributed by atoms with van der Waals surface area (Å²) in [7, 11) is 0. The van der Waals surface area contributed by atoms with Crippen LogP contribution in [0.3, 0.4) is 0 Å². The molecule has 0 bridgehead atoms. The maximum absolute atomic E-state index is 12.2. The highest BCUT2D eigenvalue weighted by atomic mass is 16.5. The van der Waals surface area contributed by atoms with Crippen LogP contribution in [0.5, 0.6) is 0 Å². The molecule has 0 saturated heterocycles. The van der Waals surface area contributed by atoms with E-state index < -0.39 is 6.10 Å². The smallest absolute Gasteiger partial charge is 0.306 e. The molecule has 4 heteroatoms. The lowest BCUT2D eigenvalue weighted by molar-refractivity contribution is -0.147. The van der Waals surface area contributed by atoms with Gasteiger partial charge < -0.3 is 9.72 Å². The number of nitrogens with one attached hydrogen (secondary N) is 1. The topological polar surface area (TPSA) is 65.9 Å². The number of nitriles is 1. The van der Waals surface area contributed by atoms with Gasteiger partial charge in [-0.2, -0.15) is 5.26 Å². The molecule has 0 aliphatic carbocycles. The number of hydrogen-bond donors (Lipinski definition) is 1. The maximum Gasteiger partial charge on any atom is 0.306 e. The van der Waals surface area contributed by atoms with Crippen LogP contribution in [-0.2, 0) is 9.53 Å². The number of hydrogen-bond acceptors (Lipinski definition) is 3. The summed E-state index contributed by atoms with van der Waals surface area (Å²) in [6, 6.07) is 34.2. The van der Waals surface area contributed by atoms with Gasteiger partial charge in [-0.25, -0.2) is 0 Å². The number of carbonyl (C=O) groups is 1. The van der Waals surface area contributed by atoms with Crippen LogP contribution in [0.25, 0.3) is 21.5 Å². The number of aromatic nitrogens is 1. The number of benzene rings is 4. The summed E-state index contributed by atoms with van der Waals surface area (Å²) in [5.74, 6) is -0.198. The fourth-order valence-electron chi connectivity index (χ4n) is 3.87. The predicted octanol–water partition coefficient (Wildman–Crippen LogP) is 6.92. The number of nitrogens with zero attached hydrogens (tertiary/aromatic N) is 1. The van der Waals surface area contributed by atoms with E-state index >= 15 is 0 Å². The second-order valence-electron chi connectivity index (χ2n) is 7.56. The van der Waals surface area contributed by atoms with Gasteiger partial charge >= 0.3 is 5.97 Å². The zero-order valence-electron chi connectivity index (χ0n) is 18.4. The molecule has 5 rings (SSSR count). The van der Waals surface area contributed by atoms with Gasteiger partial charge in [0.15, 0.2) is 6.10 Å². The van der Waals surface area contributed by atoms with E-state index in [1.54, 1.807) is 18.3 Å². The molecular weight excluding hydrogens is 408 g/mol. The first-order valence-corrected chi connectivity index (χ1v) is 10.9. The first-order valence-electron chi connectivity index (χ1n) is 10.9. The molecule has 0 fully saturated rings. The van der Waals surface area contributed by atoms with E-state index in [1.165, 1.54) is 0 Å². The quantitative estimate of drug-likeness (QED) is 0.313. The molecule has 0 saturated carbocycles. The molecule has 5 aromatic rings. The third-order valence-electron chi connectivity index (χ3n) is 5.47. The standard InChI is InChI=1S/C24H20O2.C5H4N2/c1-2-23(25)26-24(21-15-7-11-17-9-3-5-13-19(17)21)22-16-8-12-18-10-4-6-14-20(18)22;6-4-5-2-1-3-7-5/h3-16,24H,2H2,1H3;1-3,7H. The maximum atomic E-state index is 12.2. The van der Waals surface area contributed by atoms with E-state index in [0.29, 0.717) is 12.1 Å². The Bertz CT molecular complexity index is 1330. The van der Waals surface area contributed by atoms with Gasteiger partial charge in [0.1, 0.15) is 11.8 Å². The van der Waals surface area contributed by atoms with Crippen LogP contribution in [0.2, 0.25) is 0 Å². The molecule has 0 amide bonds. The second-order valence-corrected chi connectivity index (χ2v) is 7.56. The summed E-state index contributed by atoms with van der Waals surface area (Å²) < 4.78 is 5.95. The molecule has 162 valence electrons. The lowest BCUT2D eigenvalue weighted by Crippen LogP contribution is -2.12. The first kappa shape index (κ1) is 21.9. The van der Waals surface area contributed by atoms with Gasteiger partial charge in [0.25, 0.3) is 0 Å². The van der Waals surface area contributed by atoms with Crippen LogP contribution in [0.4, 0.5) is 0 Å². The first-order chi connectivity index (χ1) is 16.2. The molecule has 0 unspecified atom stereocenters. The Morgan fingerprint density at radius 2 is 1.36 bits per heavy atom. The largest absolute Gasteiger partial charge is 0.452 e. The lowest BCUT2D eigenvalue weighted by Gasteiger charge is -2.22. The molecule has 1 aromatic heterocycles. The van der Waals surface area contributed by atoms with Gasteiger partial charge in [0.2, 0.25) is 0 Å². The summed E-state index contributed by atoms with van der Waals surface area (Å²) in [5.41, 5.74) is 2.64. The molecular formula is C29H24N2O2. The molecule has 4 nitrogen and oxygen atoms in total. The minimum absolute atomic E-state index is 0.198. The van der Waals surface area contributed by atoms with Crippen LogP contribution in [0.1, 0.15) is 36.3 Å². The highest BCUT2D eigenvalue weighted by Gasteiger charge is 2.22. The number of carbonyl (C=O) groups excluding carboxylic acids is 1. The van der Waals surface area contributed by atoms with Crippen molar-refractivity contribution in [3.63, 3.8) is 0 Å². The van der Waals surface area contributed by atoms with Crippen molar-refractivity contribution in [1.29, 1.82) is 5.26 Å². The van der Waals surface area contributed by atoms with Crippen LogP contribution in [-0.4, -0.2) is 11.0 Å². The predicted molar refractivity (Wildman–Crippen MR) is 132 cm³/mol. The summed E-state index contributed by atoms with van der Waals surface area (Å²) in [5, 5.41) is 12.6. The van der Waals surface area contributed by atoms with E-state index in [2.05, 4.69) is 53.5 Å². The van der Waals surface area contributed by atoms with Crippen molar-refractivity contribution in [2.24, 2.45) is 0 Å². The minimum atomic E-state index is -0.431. The Kier molecular flexibility index (Phi) is 6.82. The van der Waals surface area contributed by atoms with E-state index in [0.717, 1.165) is 32.7 Å². The molecule has 0 atom stereocenters. The number of fused-ring (bicyclic) bond motifs is 2. The Morgan fingerprint density at radius 1 is 0.818 bits per heavy atom. The van der Waals surface area contributed by atoms with Gasteiger partial charge in [-0.1, -0.05) is 91.9 Å². The fourth-order valence-corrected chi connectivity index (χ4v) is 3.87. The van der Waals surface area contributed by atoms with E-state index in [1.807, 2.05) is 49.4 Å². The van der Waals surface area contributed by atoms with Crippen molar-refractivity contribution in [3.05, 3.63) is 120 Å². The van der Waals surface area contributed by atoms with Gasteiger partial charge in [-0.3, -0.25) is 4.79 Å². The number of rotatable bonds is 4. The number of ether oxygens (including phenoxy) is 1. The Balaban J connectivity index is 0.000000318. The number of aromatic amines is 1. The zero-order valence-corrected chi connectivity index (χ0v) is 18.4. The summed E-state index contributed by atoms with van der Waals surface area (Å²) >= 11 is 0. The van der Waals surface area contributed by atoms with Gasteiger partial charge in [0.05, 0.1) is 0 Å². The summed E-state index contributed by atoms with van der Waals surface area (Å²) in [4.78, 5) is 14.9. The molecule has 4 aromatic carbocycles. The third-order valence-corrected chi connectivity index (χ3v) is 5.47. The van der Waals surface area contributed by atoms with Crippen molar-refractivity contribution in [2.75, 3.05) is 0 Å². The van der Waals surface area contributed by atoms with Crippen molar-refractivity contribution in [3.8, 4) is 6.07 Å². The zero-order chi connectivity index (χ0) is 23.0.